The molecular formula is C45H53N5O9S. The molecule has 1 aromatic heterocycles. The van der Waals surface area contributed by atoms with Gasteiger partial charge in [-0.3, -0.25) is 19.1 Å². The zero-order chi connectivity index (χ0) is 42.2. The van der Waals surface area contributed by atoms with Gasteiger partial charge in [0.15, 0.2) is 0 Å². The van der Waals surface area contributed by atoms with Gasteiger partial charge in [0.25, 0.3) is 5.91 Å². The molecule has 3 N–H and O–H groups in total. The highest BCUT2D eigenvalue weighted by Gasteiger charge is 2.62. The van der Waals surface area contributed by atoms with Gasteiger partial charge in [-0.1, -0.05) is 68.3 Å². The number of methoxy groups -OCH3 is 1. The molecule has 15 heteroatoms. The van der Waals surface area contributed by atoms with Crippen molar-refractivity contribution in [1.29, 1.82) is 0 Å². The summed E-state index contributed by atoms with van der Waals surface area (Å²) >= 11 is 0. The number of ether oxygens (including phenoxy) is 3. The number of allylic oxidation sites excluding steroid dienone is 1. The third-order valence-corrected chi connectivity index (χ3v) is 14.4. The monoisotopic (exact) mass is 839 g/mol. The van der Waals surface area contributed by atoms with Crippen LogP contribution in [0.3, 0.4) is 0 Å². The van der Waals surface area contributed by atoms with E-state index in [0.29, 0.717) is 53.8 Å². The molecule has 0 radical (unpaired) electrons. The van der Waals surface area contributed by atoms with Crippen molar-refractivity contribution in [3.63, 3.8) is 0 Å². The minimum atomic E-state index is -3.91. The normalized spacial score (nSPS) is 28.0. The lowest BCUT2D eigenvalue weighted by atomic mass is 9.96. The van der Waals surface area contributed by atoms with E-state index in [0.717, 1.165) is 36.8 Å². The number of alkyl carbamates (subject to hydrolysis) is 1. The number of sulfonamides is 1. The van der Waals surface area contributed by atoms with Crippen LogP contribution in [0.2, 0.25) is 0 Å². The summed E-state index contributed by atoms with van der Waals surface area (Å²) in [7, 11) is -2.31. The highest BCUT2D eigenvalue weighted by molar-refractivity contribution is 7.91. The lowest BCUT2D eigenvalue weighted by Crippen LogP contribution is -2.59. The number of nitrogens with one attached hydrogen (secondary N) is 3. The number of amides is 4. The number of carbonyl (C=O) groups is 4. The van der Waals surface area contributed by atoms with Crippen molar-refractivity contribution in [2.45, 2.75) is 100 Å². The number of rotatable bonds is 9. The Labute approximate surface area is 350 Å². The molecule has 2 aromatic carbocycles. The Morgan fingerprint density at radius 1 is 1.07 bits per heavy atom. The van der Waals surface area contributed by atoms with E-state index in [2.05, 4.69) is 28.0 Å². The van der Waals surface area contributed by atoms with Gasteiger partial charge in [-0.15, -0.1) is 6.58 Å². The van der Waals surface area contributed by atoms with E-state index in [1.54, 1.807) is 7.11 Å². The van der Waals surface area contributed by atoms with Crippen molar-refractivity contribution >= 4 is 50.8 Å². The first-order valence-corrected chi connectivity index (χ1v) is 22.6. The van der Waals surface area contributed by atoms with Crippen LogP contribution in [0.4, 0.5) is 4.79 Å². The molecular weight excluding hydrogens is 787 g/mol. The maximum absolute atomic E-state index is 14.9. The standard InChI is InChI=1S/C45H53N5O9S/c1-4-31-24-45(31,43(53)49-60(55,56)33-18-19-33)48-41(51)37-21-32-25-50(37)42(52)40(29-15-10-11-16-29)47-44(54)58-26-27(2)12-8-9-17-30-20-34-36(23-38(30)57-3)46-35(22-39(34)59-32)28-13-6-5-7-14-28/h4-7,9,13-14,17,20,22-23,27,29,31-33,37,40H,1,8,10-12,15-16,18-19,21,24-26H2,2-3H3,(H,47,54)(H,48,51)(H,49,53)/b17-9-/t27?,31-,32-,37+,40+,45-/m1/s1. The third-order valence-electron chi connectivity index (χ3n) is 12.6. The molecule has 0 spiro atoms. The number of pyridine rings is 1. The molecule has 4 fully saturated rings. The summed E-state index contributed by atoms with van der Waals surface area (Å²) in [5.41, 5.74) is 1.38. The maximum Gasteiger partial charge on any atom is 0.407 e. The number of benzene rings is 2. The summed E-state index contributed by atoms with van der Waals surface area (Å²) < 4.78 is 46.3. The van der Waals surface area contributed by atoms with E-state index in [9.17, 15) is 27.6 Å². The van der Waals surface area contributed by atoms with Gasteiger partial charge >= 0.3 is 6.09 Å². The fourth-order valence-electron chi connectivity index (χ4n) is 8.89. The van der Waals surface area contributed by atoms with E-state index in [-0.39, 0.29) is 37.8 Å². The topological polar surface area (TPSA) is 182 Å². The molecule has 60 heavy (non-hydrogen) atoms. The van der Waals surface area contributed by atoms with Crippen LogP contribution in [-0.4, -0.2) is 91.4 Å². The Bertz CT molecular complexity index is 2310. The molecule has 6 atom stereocenters. The van der Waals surface area contributed by atoms with Crippen molar-refractivity contribution in [3.05, 3.63) is 72.8 Å². The predicted octanol–water partition coefficient (Wildman–Crippen LogP) is 5.66. The van der Waals surface area contributed by atoms with Gasteiger partial charge in [0.2, 0.25) is 21.8 Å². The number of hydrogen-bond acceptors (Lipinski definition) is 10. The third kappa shape index (κ3) is 8.59. The summed E-state index contributed by atoms with van der Waals surface area (Å²) in [6.07, 6.45) is 9.92. The molecule has 2 aliphatic heterocycles. The van der Waals surface area contributed by atoms with E-state index >= 15 is 0 Å². The van der Waals surface area contributed by atoms with Crippen LogP contribution in [0.25, 0.3) is 28.2 Å². The van der Waals surface area contributed by atoms with Crippen molar-refractivity contribution in [2.75, 3.05) is 20.3 Å². The highest BCUT2D eigenvalue weighted by Crippen LogP contribution is 2.46. The fourth-order valence-corrected chi connectivity index (χ4v) is 10.3. The minimum absolute atomic E-state index is 0.0125. The van der Waals surface area contributed by atoms with Gasteiger partial charge in [-0.25, -0.2) is 18.2 Å². The average Bonchev–Trinajstić information content (AvgIpc) is 4.12. The van der Waals surface area contributed by atoms with Crippen LogP contribution < -0.4 is 24.8 Å². The lowest BCUT2D eigenvalue weighted by molar-refractivity contribution is -0.142. The van der Waals surface area contributed by atoms with Gasteiger partial charge in [0, 0.05) is 41.0 Å². The Morgan fingerprint density at radius 3 is 2.53 bits per heavy atom. The zero-order valence-electron chi connectivity index (χ0n) is 34.1. The summed E-state index contributed by atoms with van der Waals surface area (Å²) in [5, 5.41) is 5.80. The van der Waals surface area contributed by atoms with Crippen LogP contribution in [0, 0.1) is 17.8 Å². The SMILES string of the molecule is C=C[C@@H]1C[C@]1(NC(=O)[C@@H]1C[C@@H]2CN1C(=O)[C@H](C1CCCC1)NC(=O)OCC(C)CC/C=C\c1cc3c(cc(-c4ccccc4)nc3cc1OC)O2)C(=O)NS(=O)(=O)C1CC1. The van der Waals surface area contributed by atoms with Gasteiger partial charge in [0.1, 0.15) is 35.2 Å². The molecule has 4 bridgehead atoms. The Balaban J connectivity index is 1.18. The average molecular weight is 840 g/mol. The van der Waals surface area contributed by atoms with Crippen LogP contribution in [0.1, 0.15) is 76.7 Å². The molecule has 3 saturated carbocycles. The number of carbonyl (C=O) groups excluding carboxylic acids is 4. The number of hydrogen-bond donors (Lipinski definition) is 3. The number of cyclic esters (lactones) is 1. The largest absolute Gasteiger partial charge is 0.496 e. The first-order chi connectivity index (χ1) is 28.9. The number of fused-ring (bicyclic) bond motifs is 3. The van der Waals surface area contributed by atoms with Crippen molar-refractivity contribution < 1.29 is 41.8 Å². The second-order valence-corrected chi connectivity index (χ2v) is 19.0. The van der Waals surface area contributed by atoms with E-state index < -0.39 is 68.7 Å². The number of nitrogens with zero attached hydrogens (tertiary/aromatic N) is 2. The van der Waals surface area contributed by atoms with Crippen LogP contribution in [0.15, 0.2) is 67.3 Å². The predicted molar refractivity (Wildman–Crippen MR) is 225 cm³/mol. The molecule has 318 valence electrons. The van der Waals surface area contributed by atoms with Gasteiger partial charge in [-0.2, -0.15) is 0 Å². The fraction of sp³-hybridized carbons (Fsp3) is 0.489. The van der Waals surface area contributed by atoms with Crippen molar-refractivity contribution in [2.24, 2.45) is 17.8 Å². The van der Waals surface area contributed by atoms with E-state index in [1.807, 2.05) is 61.5 Å². The molecule has 1 unspecified atom stereocenters. The molecule has 3 aliphatic carbocycles. The van der Waals surface area contributed by atoms with Gasteiger partial charge in [-0.05, 0) is 62.8 Å². The van der Waals surface area contributed by atoms with Crippen LogP contribution in [0.5, 0.6) is 11.5 Å². The molecule has 4 amide bonds. The summed E-state index contributed by atoms with van der Waals surface area (Å²) in [6, 6.07) is 13.3. The second kappa shape index (κ2) is 16.9. The molecule has 1 saturated heterocycles. The quantitative estimate of drug-likeness (QED) is 0.228. The Kier molecular flexibility index (Phi) is 11.6. The summed E-state index contributed by atoms with van der Waals surface area (Å²) in [4.78, 5) is 63.0. The highest BCUT2D eigenvalue weighted by atomic mass is 32.2. The molecule has 14 nitrogen and oxygen atoms in total. The molecule has 3 heterocycles. The lowest BCUT2D eigenvalue weighted by Gasteiger charge is -2.32. The van der Waals surface area contributed by atoms with Crippen molar-refractivity contribution in [1.82, 2.24) is 25.2 Å². The molecule has 5 aliphatic rings. The van der Waals surface area contributed by atoms with Gasteiger partial charge < -0.3 is 29.7 Å². The van der Waals surface area contributed by atoms with Crippen LogP contribution in [-0.2, 0) is 29.1 Å². The smallest absolute Gasteiger partial charge is 0.407 e. The molecule has 3 aromatic rings. The molecule has 8 rings (SSSR count). The first-order valence-electron chi connectivity index (χ1n) is 21.0. The first kappa shape index (κ1) is 41.3. The van der Waals surface area contributed by atoms with E-state index in [4.69, 9.17) is 19.2 Å². The summed E-state index contributed by atoms with van der Waals surface area (Å²) in [6.45, 7) is 5.96. The zero-order valence-corrected chi connectivity index (χ0v) is 34.9. The Hall–Kier alpha value is -5.44. The van der Waals surface area contributed by atoms with Crippen LogP contribution >= 0.6 is 0 Å². The maximum atomic E-state index is 14.9. The number of aromatic nitrogens is 1. The summed E-state index contributed by atoms with van der Waals surface area (Å²) in [5.74, 6) is -1.49. The van der Waals surface area contributed by atoms with Crippen molar-refractivity contribution in [3.8, 4) is 22.8 Å². The second-order valence-electron chi connectivity index (χ2n) is 17.0. The van der Waals surface area contributed by atoms with E-state index in [1.165, 1.54) is 11.0 Å². The van der Waals surface area contributed by atoms with Gasteiger partial charge in [0.05, 0.1) is 36.7 Å². The Morgan fingerprint density at radius 2 is 1.83 bits per heavy atom. The minimum Gasteiger partial charge on any atom is -0.496 e.